The lowest BCUT2D eigenvalue weighted by Gasteiger charge is -2.24. The first-order chi connectivity index (χ1) is 16.4. The average molecular weight is 676 g/mol. The molecule has 2 heterocycles. The number of aromatic carboxylic acids is 1. The molecule has 0 aliphatic carbocycles. The number of carboxylic acids is 1. The van der Waals surface area contributed by atoms with E-state index >= 15 is 0 Å². The van der Waals surface area contributed by atoms with Crippen molar-refractivity contribution in [2.75, 3.05) is 18.0 Å². The molecule has 4 aromatic rings. The number of hydrogen-bond acceptors (Lipinski definition) is 3. The van der Waals surface area contributed by atoms with Gasteiger partial charge in [0.15, 0.2) is 0 Å². The van der Waals surface area contributed by atoms with Crippen molar-refractivity contribution in [1.29, 1.82) is 0 Å². The van der Waals surface area contributed by atoms with Crippen LogP contribution in [0.5, 0.6) is 0 Å². The Hall–Kier alpha value is -2.40. The van der Waals surface area contributed by atoms with E-state index in [-0.39, 0.29) is 5.56 Å². The average Bonchev–Trinajstić information content (AvgIpc) is 3.36. The van der Waals surface area contributed by atoms with Gasteiger partial charge in [0, 0.05) is 34.8 Å². The van der Waals surface area contributed by atoms with Crippen LogP contribution in [0.15, 0.2) is 71.7 Å². The molecule has 7 heteroatoms. The normalized spacial score (nSPS) is 13.5. The Morgan fingerprint density at radius 2 is 1.59 bits per heavy atom. The fraction of sp³-hybridized carbons (Fsp3) is 0.185. The van der Waals surface area contributed by atoms with Gasteiger partial charge < -0.3 is 14.6 Å². The molecule has 0 spiro atoms. The maximum Gasteiger partial charge on any atom is 0.341 e. The van der Waals surface area contributed by atoms with Crippen molar-refractivity contribution >= 4 is 67.7 Å². The molecular weight excluding hydrogens is 654 g/mol. The highest BCUT2D eigenvalue weighted by atomic mass is 127. The number of fused-ring (bicyclic) bond motifs is 1. The van der Waals surface area contributed by atoms with Gasteiger partial charge in [0.05, 0.1) is 14.8 Å². The van der Waals surface area contributed by atoms with Crippen LogP contribution in [0.1, 0.15) is 28.8 Å². The molecule has 0 saturated carbocycles. The molecular formula is C27H22I2N2O3. The minimum absolute atomic E-state index is 0.200. The zero-order valence-electron chi connectivity index (χ0n) is 18.3. The molecule has 1 saturated heterocycles. The van der Waals surface area contributed by atoms with E-state index in [0.717, 1.165) is 61.0 Å². The number of pyridine rings is 1. The summed E-state index contributed by atoms with van der Waals surface area (Å²) in [4.78, 5) is 27.4. The fourth-order valence-corrected chi connectivity index (χ4v) is 7.28. The second kappa shape index (κ2) is 9.69. The minimum atomic E-state index is -1.20. The number of hydrogen-bond donors (Lipinski definition) is 1. The summed E-state index contributed by atoms with van der Waals surface area (Å²) in [6, 6.07) is 20.3. The van der Waals surface area contributed by atoms with Crippen molar-refractivity contribution in [3.8, 4) is 11.1 Å². The van der Waals surface area contributed by atoms with E-state index in [0.29, 0.717) is 11.9 Å². The van der Waals surface area contributed by atoms with Gasteiger partial charge in [-0.2, -0.15) is 0 Å². The number of nitrogens with zero attached hydrogens (tertiary/aromatic N) is 2. The maximum atomic E-state index is 13.1. The van der Waals surface area contributed by atoms with Gasteiger partial charge in [0.2, 0.25) is 5.43 Å². The highest BCUT2D eigenvalue weighted by molar-refractivity contribution is 14.1. The smallest absolute Gasteiger partial charge is 0.341 e. The molecule has 3 aromatic carbocycles. The second-order valence-corrected chi connectivity index (χ2v) is 10.7. The van der Waals surface area contributed by atoms with E-state index in [1.54, 1.807) is 0 Å². The standard InChI is InChI=1S/C27H22I2N2O3/c28-22-14-20-24(23(29)25(22)30-12-4-5-13-30)31(16-21(26(20)32)27(33)34)15-17-8-10-19(11-9-17)18-6-2-1-3-7-18/h1-3,6-11,14,16H,4-5,12-13,15H2,(H,33,34). The van der Waals surface area contributed by atoms with Crippen LogP contribution in [-0.4, -0.2) is 28.7 Å². The van der Waals surface area contributed by atoms with Crippen molar-refractivity contribution in [2.24, 2.45) is 0 Å². The van der Waals surface area contributed by atoms with Crippen molar-refractivity contribution in [3.05, 3.63) is 95.4 Å². The molecule has 1 aliphatic rings. The van der Waals surface area contributed by atoms with Gasteiger partial charge in [-0.1, -0.05) is 54.6 Å². The highest BCUT2D eigenvalue weighted by Crippen LogP contribution is 2.36. The van der Waals surface area contributed by atoms with Gasteiger partial charge in [-0.3, -0.25) is 4.79 Å². The lowest BCUT2D eigenvalue weighted by molar-refractivity contribution is 0.0695. The van der Waals surface area contributed by atoms with Gasteiger partial charge >= 0.3 is 5.97 Å². The van der Waals surface area contributed by atoms with E-state index in [4.69, 9.17) is 0 Å². The predicted molar refractivity (Wildman–Crippen MR) is 153 cm³/mol. The van der Waals surface area contributed by atoms with Crippen LogP contribution in [0.2, 0.25) is 0 Å². The van der Waals surface area contributed by atoms with E-state index in [9.17, 15) is 14.7 Å². The lowest BCUT2D eigenvalue weighted by Crippen LogP contribution is -2.24. The van der Waals surface area contributed by atoms with E-state index in [2.05, 4.69) is 86.5 Å². The van der Waals surface area contributed by atoms with Crippen molar-refractivity contribution in [3.63, 3.8) is 0 Å². The zero-order chi connectivity index (χ0) is 23.8. The Labute approximate surface area is 224 Å². The Kier molecular flexibility index (Phi) is 6.65. The first-order valence-corrected chi connectivity index (χ1v) is 13.3. The van der Waals surface area contributed by atoms with Crippen LogP contribution < -0.4 is 10.3 Å². The Bertz CT molecular complexity index is 1440. The van der Waals surface area contributed by atoms with Gasteiger partial charge in [-0.05, 0) is 80.8 Å². The first kappa shape index (κ1) is 23.3. The van der Waals surface area contributed by atoms with Crippen LogP contribution in [0.3, 0.4) is 0 Å². The van der Waals surface area contributed by atoms with E-state index in [1.807, 2.05) is 28.8 Å². The number of benzene rings is 3. The summed E-state index contributed by atoms with van der Waals surface area (Å²) in [6.07, 6.45) is 3.81. The molecule has 0 amide bonds. The third-order valence-corrected chi connectivity index (χ3v) is 8.14. The zero-order valence-corrected chi connectivity index (χ0v) is 22.6. The summed E-state index contributed by atoms with van der Waals surface area (Å²) in [7, 11) is 0. The van der Waals surface area contributed by atoms with E-state index < -0.39 is 11.4 Å². The predicted octanol–water partition coefficient (Wildman–Crippen LogP) is 6.22. The number of rotatable bonds is 5. The molecule has 34 heavy (non-hydrogen) atoms. The number of aromatic nitrogens is 1. The van der Waals surface area contributed by atoms with Crippen LogP contribution in [-0.2, 0) is 6.54 Å². The van der Waals surface area contributed by atoms with Crippen LogP contribution in [0, 0.1) is 7.14 Å². The minimum Gasteiger partial charge on any atom is -0.477 e. The van der Waals surface area contributed by atoms with Crippen LogP contribution >= 0.6 is 45.2 Å². The number of carboxylic acid groups (broad SMARTS) is 1. The number of halogens is 2. The quantitative estimate of drug-likeness (QED) is 0.255. The molecule has 0 unspecified atom stereocenters. The third-order valence-electron chi connectivity index (χ3n) is 6.30. The van der Waals surface area contributed by atoms with Crippen LogP contribution in [0.25, 0.3) is 22.0 Å². The number of carbonyl (C=O) groups is 1. The largest absolute Gasteiger partial charge is 0.477 e. The molecule has 172 valence electrons. The Morgan fingerprint density at radius 1 is 0.941 bits per heavy atom. The van der Waals surface area contributed by atoms with Crippen molar-refractivity contribution in [2.45, 2.75) is 19.4 Å². The van der Waals surface area contributed by atoms with Crippen molar-refractivity contribution in [1.82, 2.24) is 4.57 Å². The Morgan fingerprint density at radius 3 is 2.24 bits per heavy atom. The van der Waals surface area contributed by atoms with Crippen LogP contribution in [0.4, 0.5) is 5.69 Å². The summed E-state index contributed by atoms with van der Waals surface area (Å²) in [5.41, 5.74) is 4.62. The maximum absolute atomic E-state index is 13.1. The second-order valence-electron chi connectivity index (χ2n) is 8.48. The molecule has 0 atom stereocenters. The summed E-state index contributed by atoms with van der Waals surface area (Å²) in [6.45, 7) is 2.47. The summed E-state index contributed by atoms with van der Waals surface area (Å²) in [5, 5.41) is 10.2. The lowest BCUT2D eigenvalue weighted by atomic mass is 10.0. The monoisotopic (exact) mass is 676 g/mol. The molecule has 5 rings (SSSR count). The van der Waals surface area contributed by atoms with Gasteiger partial charge in [0.25, 0.3) is 0 Å². The molecule has 5 nitrogen and oxygen atoms in total. The molecule has 1 aliphatic heterocycles. The molecule has 1 aromatic heterocycles. The molecule has 0 radical (unpaired) electrons. The van der Waals surface area contributed by atoms with Crippen molar-refractivity contribution < 1.29 is 9.90 Å². The van der Waals surface area contributed by atoms with E-state index in [1.165, 1.54) is 6.20 Å². The summed E-state index contributed by atoms with van der Waals surface area (Å²) < 4.78 is 3.90. The summed E-state index contributed by atoms with van der Waals surface area (Å²) >= 11 is 4.60. The molecule has 0 bridgehead atoms. The fourth-order valence-electron chi connectivity index (χ4n) is 4.61. The number of anilines is 1. The topological polar surface area (TPSA) is 62.5 Å². The third kappa shape index (κ3) is 4.35. The molecule has 1 fully saturated rings. The first-order valence-electron chi connectivity index (χ1n) is 11.1. The SMILES string of the molecule is O=C(O)c1cn(Cc2ccc(-c3ccccc3)cc2)c2c(I)c(N3CCCC3)c(I)cc2c1=O. The van der Waals surface area contributed by atoms with Gasteiger partial charge in [-0.15, -0.1) is 0 Å². The highest BCUT2D eigenvalue weighted by Gasteiger charge is 2.24. The Balaban J connectivity index is 1.64. The van der Waals surface area contributed by atoms with Gasteiger partial charge in [0.1, 0.15) is 5.56 Å². The van der Waals surface area contributed by atoms with Gasteiger partial charge in [-0.25, -0.2) is 4.79 Å². The molecule has 1 N–H and O–H groups in total. The summed E-state index contributed by atoms with van der Waals surface area (Å²) in [5.74, 6) is -1.20.